The summed E-state index contributed by atoms with van der Waals surface area (Å²) in [4.78, 5) is 11.8. The molecular formula is C32H62O10. The van der Waals surface area contributed by atoms with Gasteiger partial charge in [-0.2, -0.15) is 0 Å². The van der Waals surface area contributed by atoms with E-state index in [0.717, 1.165) is 12.8 Å². The van der Waals surface area contributed by atoms with E-state index in [-0.39, 0.29) is 32.4 Å². The van der Waals surface area contributed by atoms with Crippen LogP contribution in [0.15, 0.2) is 0 Å². The number of rotatable bonds is 31. The summed E-state index contributed by atoms with van der Waals surface area (Å²) in [6, 6.07) is 0. The van der Waals surface area contributed by atoms with Crippen molar-refractivity contribution in [3.8, 4) is 0 Å². The first-order chi connectivity index (χ1) is 20.6. The van der Waals surface area contributed by atoms with E-state index in [1.165, 1.54) is 83.5 Å². The van der Waals surface area contributed by atoms with Crippen LogP contribution in [-0.4, -0.2) is 112 Å². The van der Waals surface area contributed by atoms with Crippen molar-refractivity contribution in [2.75, 3.05) is 66.1 Å². The number of hydrogen-bond acceptors (Lipinski definition) is 10. The summed E-state index contributed by atoms with van der Waals surface area (Å²) in [5.74, 6) is -0.150. The van der Waals surface area contributed by atoms with Gasteiger partial charge < -0.3 is 43.7 Å². The number of hydrogen-bond donors (Lipinski definition) is 3. The molecule has 0 spiro atoms. The van der Waals surface area contributed by atoms with Crippen LogP contribution in [0.3, 0.4) is 0 Å². The van der Waals surface area contributed by atoms with Crippen LogP contribution in [0.25, 0.3) is 0 Å². The summed E-state index contributed by atoms with van der Waals surface area (Å²) in [6.45, 7) is 5.17. The van der Waals surface area contributed by atoms with Gasteiger partial charge in [0, 0.05) is 6.42 Å². The van der Waals surface area contributed by atoms with Crippen molar-refractivity contribution >= 4 is 5.97 Å². The molecule has 1 unspecified atom stereocenters. The normalized spacial score (nSPS) is 19.4. The van der Waals surface area contributed by atoms with Crippen LogP contribution in [0, 0.1) is 0 Å². The zero-order valence-corrected chi connectivity index (χ0v) is 26.4. The third kappa shape index (κ3) is 22.7. The highest BCUT2D eigenvalue weighted by Crippen LogP contribution is 2.18. The van der Waals surface area contributed by atoms with E-state index >= 15 is 0 Å². The minimum atomic E-state index is -1.11. The number of ether oxygens (including phenoxy) is 6. The first-order valence-electron chi connectivity index (χ1n) is 16.7. The second-order valence-electron chi connectivity index (χ2n) is 11.3. The Morgan fingerprint density at radius 1 is 0.667 bits per heavy atom. The number of carbonyl (C=O) groups excluding carboxylic acids is 1. The first-order valence-corrected chi connectivity index (χ1v) is 16.7. The molecule has 1 heterocycles. The molecule has 1 saturated heterocycles. The Balaban J connectivity index is 1.71. The van der Waals surface area contributed by atoms with Gasteiger partial charge in [0.05, 0.1) is 59.5 Å². The molecule has 0 bridgehead atoms. The molecule has 0 aromatic rings. The quantitative estimate of drug-likeness (QED) is 0.0773. The van der Waals surface area contributed by atoms with Gasteiger partial charge in [0.2, 0.25) is 0 Å². The van der Waals surface area contributed by atoms with Crippen molar-refractivity contribution in [2.45, 2.75) is 134 Å². The van der Waals surface area contributed by atoms with Crippen LogP contribution < -0.4 is 0 Å². The van der Waals surface area contributed by atoms with E-state index in [1.807, 2.05) is 0 Å². The molecule has 0 aromatic carbocycles. The highest BCUT2D eigenvalue weighted by molar-refractivity contribution is 5.69. The van der Waals surface area contributed by atoms with Crippen LogP contribution in [0.1, 0.15) is 110 Å². The smallest absolute Gasteiger partial charge is 0.305 e. The SMILES string of the molecule is CCCCCCCCCCCCCCCCCC(=O)OCCOCCOCCOCCOCC(O)[C@H]1OC[C@@H](O)[C@@H]1O. The third-order valence-corrected chi connectivity index (χ3v) is 7.45. The van der Waals surface area contributed by atoms with Crippen molar-refractivity contribution in [3.63, 3.8) is 0 Å². The summed E-state index contributed by atoms with van der Waals surface area (Å²) < 4.78 is 31.9. The van der Waals surface area contributed by atoms with E-state index in [0.29, 0.717) is 46.1 Å². The Morgan fingerprint density at radius 3 is 1.55 bits per heavy atom. The zero-order valence-electron chi connectivity index (χ0n) is 26.4. The molecule has 1 fully saturated rings. The molecule has 10 nitrogen and oxygen atoms in total. The lowest BCUT2D eigenvalue weighted by atomic mass is 10.0. The summed E-state index contributed by atoms with van der Waals surface area (Å²) in [5, 5.41) is 29.1. The van der Waals surface area contributed by atoms with Gasteiger partial charge in [-0.1, -0.05) is 96.8 Å². The number of aliphatic hydroxyl groups excluding tert-OH is 3. The molecular weight excluding hydrogens is 544 g/mol. The molecule has 3 N–H and O–H groups in total. The fraction of sp³-hybridized carbons (Fsp3) is 0.969. The average molecular weight is 607 g/mol. The first kappa shape index (κ1) is 39.2. The lowest BCUT2D eigenvalue weighted by molar-refractivity contribution is -0.145. The number of carbonyl (C=O) groups is 1. The molecule has 1 aliphatic heterocycles. The number of aliphatic hydroxyl groups is 3. The molecule has 10 heteroatoms. The highest BCUT2D eigenvalue weighted by Gasteiger charge is 2.39. The molecule has 0 radical (unpaired) electrons. The lowest BCUT2D eigenvalue weighted by Gasteiger charge is -2.20. The van der Waals surface area contributed by atoms with Crippen LogP contribution >= 0.6 is 0 Å². The standard InChI is InChI=1S/C32H62O10/c1-2-3-4-5-6-7-8-9-10-11-12-13-14-15-16-17-30(35)41-25-24-39-21-20-37-18-19-38-22-23-40-26-29(34)32-31(36)28(33)27-42-32/h28-29,31-34,36H,2-27H2,1H3/t28-,29?,31+,32-/m1/s1. The van der Waals surface area contributed by atoms with E-state index in [9.17, 15) is 20.1 Å². The van der Waals surface area contributed by atoms with E-state index < -0.39 is 24.4 Å². The predicted octanol–water partition coefficient (Wildman–Crippen LogP) is 4.34. The highest BCUT2D eigenvalue weighted by atomic mass is 16.6. The van der Waals surface area contributed by atoms with Gasteiger partial charge in [-0.05, 0) is 6.42 Å². The van der Waals surface area contributed by atoms with Crippen LogP contribution in [0.2, 0.25) is 0 Å². The molecule has 0 amide bonds. The second kappa shape index (κ2) is 28.9. The fourth-order valence-corrected chi connectivity index (χ4v) is 4.85. The Hall–Kier alpha value is -0.850. The molecule has 1 aliphatic rings. The summed E-state index contributed by atoms with van der Waals surface area (Å²) in [5.41, 5.74) is 0. The Kier molecular flexibility index (Phi) is 26.9. The van der Waals surface area contributed by atoms with E-state index in [2.05, 4.69) is 6.92 Å². The molecule has 4 atom stereocenters. The largest absolute Gasteiger partial charge is 0.463 e. The second-order valence-corrected chi connectivity index (χ2v) is 11.3. The molecule has 250 valence electrons. The van der Waals surface area contributed by atoms with Gasteiger partial charge in [-0.25, -0.2) is 0 Å². The summed E-state index contributed by atoms with van der Waals surface area (Å²) >= 11 is 0. The lowest BCUT2D eigenvalue weighted by Crippen LogP contribution is -2.41. The van der Waals surface area contributed by atoms with Crippen LogP contribution in [0.5, 0.6) is 0 Å². The molecule has 0 aromatic heterocycles. The van der Waals surface area contributed by atoms with Crippen LogP contribution in [-0.2, 0) is 33.2 Å². The van der Waals surface area contributed by atoms with Crippen molar-refractivity contribution in [1.29, 1.82) is 0 Å². The summed E-state index contributed by atoms with van der Waals surface area (Å²) in [6.07, 6.45) is 16.2. The minimum Gasteiger partial charge on any atom is -0.463 e. The molecule has 0 aliphatic carbocycles. The monoisotopic (exact) mass is 606 g/mol. The van der Waals surface area contributed by atoms with Crippen molar-refractivity contribution < 1.29 is 48.5 Å². The zero-order chi connectivity index (χ0) is 30.5. The maximum Gasteiger partial charge on any atom is 0.305 e. The Bertz CT molecular complexity index is 594. The minimum absolute atomic E-state index is 0.00408. The van der Waals surface area contributed by atoms with Gasteiger partial charge in [0.1, 0.15) is 31.0 Å². The molecule has 42 heavy (non-hydrogen) atoms. The van der Waals surface area contributed by atoms with Crippen LogP contribution in [0.4, 0.5) is 0 Å². The topological polar surface area (TPSA) is 133 Å². The molecule has 1 rings (SSSR count). The van der Waals surface area contributed by atoms with Crippen molar-refractivity contribution in [2.24, 2.45) is 0 Å². The van der Waals surface area contributed by atoms with Crippen molar-refractivity contribution in [1.82, 2.24) is 0 Å². The number of unbranched alkanes of at least 4 members (excludes halogenated alkanes) is 14. The van der Waals surface area contributed by atoms with Gasteiger partial charge in [0.15, 0.2) is 0 Å². The maximum atomic E-state index is 11.8. The van der Waals surface area contributed by atoms with E-state index in [4.69, 9.17) is 28.4 Å². The molecule has 0 saturated carbocycles. The average Bonchev–Trinajstić information content (AvgIpc) is 3.32. The Morgan fingerprint density at radius 2 is 1.10 bits per heavy atom. The maximum absolute atomic E-state index is 11.8. The van der Waals surface area contributed by atoms with E-state index in [1.54, 1.807) is 0 Å². The van der Waals surface area contributed by atoms with Gasteiger partial charge in [-0.15, -0.1) is 0 Å². The summed E-state index contributed by atoms with van der Waals surface area (Å²) in [7, 11) is 0. The fourth-order valence-electron chi connectivity index (χ4n) is 4.85. The third-order valence-electron chi connectivity index (χ3n) is 7.45. The van der Waals surface area contributed by atoms with Gasteiger partial charge >= 0.3 is 5.97 Å². The Labute approximate surface area is 254 Å². The van der Waals surface area contributed by atoms with Gasteiger partial charge in [0.25, 0.3) is 0 Å². The van der Waals surface area contributed by atoms with Gasteiger partial charge in [-0.3, -0.25) is 4.79 Å². The number of esters is 1. The predicted molar refractivity (Wildman–Crippen MR) is 162 cm³/mol. The van der Waals surface area contributed by atoms with Crippen molar-refractivity contribution in [3.05, 3.63) is 0 Å².